The van der Waals surface area contributed by atoms with Crippen LogP contribution in [0.25, 0.3) is 6.08 Å². The highest BCUT2D eigenvalue weighted by Gasteiger charge is 2.21. The van der Waals surface area contributed by atoms with Gasteiger partial charge in [0.15, 0.2) is 11.0 Å². The van der Waals surface area contributed by atoms with E-state index in [1.54, 1.807) is 6.08 Å². The van der Waals surface area contributed by atoms with Crippen LogP contribution in [0.3, 0.4) is 0 Å². The second-order valence-electron chi connectivity index (χ2n) is 4.69. The number of carbonyl (C=O) groups excluding carboxylic acids is 1. The number of hydrogen-bond donors (Lipinski definition) is 2. The quantitative estimate of drug-likeness (QED) is 0.635. The minimum absolute atomic E-state index is 0.221. The third-order valence-corrected chi connectivity index (χ3v) is 3.49. The molecule has 0 unspecified atom stereocenters. The molecule has 19 heavy (non-hydrogen) atoms. The molecule has 2 aliphatic rings. The number of thiocarbonyl (C=S) groups is 1. The fourth-order valence-electron chi connectivity index (χ4n) is 2.33. The average molecular weight is 277 g/mol. The van der Waals surface area contributed by atoms with Crippen molar-refractivity contribution >= 4 is 35.2 Å². The van der Waals surface area contributed by atoms with Crippen LogP contribution in [-0.2, 0) is 4.79 Å². The molecule has 1 amide bonds. The third kappa shape index (κ3) is 2.63. The number of hydrogen-bond acceptors (Lipinski definition) is 4. The molecule has 2 aliphatic heterocycles. The third-order valence-electron chi connectivity index (χ3n) is 3.29. The molecule has 0 atom stereocenters. The molecule has 2 saturated heterocycles. The lowest BCUT2D eigenvalue weighted by molar-refractivity contribution is -0.115. The number of carbonyl (C=O) groups is 1. The Balaban J connectivity index is 1.76. The van der Waals surface area contributed by atoms with Gasteiger partial charge in [-0.1, -0.05) is 0 Å². The van der Waals surface area contributed by atoms with Gasteiger partial charge < -0.3 is 14.6 Å². The van der Waals surface area contributed by atoms with Crippen molar-refractivity contribution in [2.75, 3.05) is 18.0 Å². The Morgan fingerprint density at radius 1 is 1.21 bits per heavy atom. The Kier molecular flexibility index (Phi) is 3.25. The van der Waals surface area contributed by atoms with Gasteiger partial charge in [-0.25, -0.2) is 0 Å². The van der Waals surface area contributed by atoms with Crippen molar-refractivity contribution < 1.29 is 9.21 Å². The Morgan fingerprint density at radius 3 is 2.68 bits per heavy atom. The molecule has 6 heteroatoms. The van der Waals surface area contributed by atoms with E-state index in [4.69, 9.17) is 16.6 Å². The monoisotopic (exact) mass is 277 g/mol. The van der Waals surface area contributed by atoms with E-state index in [0.29, 0.717) is 16.6 Å². The first-order chi connectivity index (χ1) is 9.22. The van der Waals surface area contributed by atoms with Gasteiger partial charge in [-0.2, -0.15) is 0 Å². The highest BCUT2D eigenvalue weighted by atomic mass is 32.1. The van der Waals surface area contributed by atoms with Crippen LogP contribution < -0.4 is 15.5 Å². The normalized spacial score (nSPS) is 21.7. The van der Waals surface area contributed by atoms with E-state index in [2.05, 4.69) is 15.5 Å². The molecular formula is C13H15N3O2S. The molecule has 0 aromatic carbocycles. The average Bonchev–Trinajstić information content (AvgIpc) is 2.99. The molecule has 0 radical (unpaired) electrons. The summed E-state index contributed by atoms with van der Waals surface area (Å²) >= 11 is 4.87. The molecule has 3 rings (SSSR count). The maximum Gasteiger partial charge on any atom is 0.274 e. The molecule has 3 heterocycles. The number of rotatable bonds is 2. The van der Waals surface area contributed by atoms with E-state index in [1.165, 1.54) is 19.3 Å². The number of furan rings is 1. The summed E-state index contributed by atoms with van der Waals surface area (Å²) in [6, 6.07) is 3.82. The predicted octanol–water partition coefficient (Wildman–Crippen LogP) is 1.62. The van der Waals surface area contributed by atoms with Crippen molar-refractivity contribution in [2.24, 2.45) is 0 Å². The molecule has 1 aromatic heterocycles. The molecule has 0 aliphatic carbocycles. The van der Waals surface area contributed by atoms with Gasteiger partial charge in [0.05, 0.1) is 0 Å². The summed E-state index contributed by atoms with van der Waals surface area (Å²) in [4.78, 5) is 13.8. The van der Waals surface area contributed by atoms with Crippen molar-refractivity contribution in [1.29, 1.82) is 0 Å². The summed E-state index contributed by atoms with van der Waals surface area (Å²) in [5.74, 6) is 1.30. The maximum atomic E-state index is 11.5. The summed E-state index contributed by atoms with van der Waals surface area (Å²) < 4.78 is 5.75. The highest BCUT2D eigenvalue weighted by molar-refractivity contribution is 7.80. The number of nitrogens with zero attached hydrogens (tertiary/aromatic N) is 1. The Bertz CT molecular complexity index is 544. The van der Waals surface area contributed by atoms with Crippen LogP contribution in [0, 0.1) is 0 Å². The molecule has 5 nitrogen and oxygen atoms in total. The van der Waals surface area contributed by atoms with Gasteiger partial charge in [-0.15, -0.1) is 0 Å². The van der Waals surface area contributed by atoms with Crippen LogP contribution in [0.2, 0.25) is 0 Å². The zero-order valence-electron chi connectivity index (χ0n) is 10.4. The van der Waals surface area contributed by atoms with Crippen LogP contribution in [0.1, 0.15) is 25.0 Å². The number of piperidine rings is 1. The smallest absolute Gasteiger partial charge is 0.274 e. The van der Waals surface area contributed by atoms with E-state index in [1.807, 2.05) is 12.1 Å². The lowest BCUT2D eigenvalue weighted by Gasteiger charge is -2.25. The van der Waals surface area contributed by atoms with Crippen molar-refractivity contribution in [2.45, 2.75) is 19.3 Å². The highest BCUT2D eigenvalue weighted by Crippen LogP contribution is 2.23. The van der Waals surface area contributed by atoms with E-state index in [9.17, 15) is 4.79 Å². The summed E-state index contributed by atoms with van der Waals surface area (Å²) in [6.07, 6.45) is 5.36. The number of amides is 1. The van der Waals surface area contributed by atoms with Crippen molar-refractivity contribution in [3.05, 3.63) is 23.6 Å². The SMILES string of the molecule is O=C1NC(=S)N/C1=C/c1ccc(N2CCCCC2)o1. The van der Waals surface area contributed by atoms with Crippen LogP contribution in [-0.4, -0.2) is 24.1 Å². The van der Waals surface area contributed by atoms with Crippen molar-refractivity contribution in [3.63, 3.8) is 0 Å². The van der Waals surface area contributed by atoms with Crippen LogP contribution in [0.15, 0.2) is 22.2 Å². The second-order valence-corrected chi connectivity index (χ2v) is 5.10. The van der Waals surface area contributed by atoms with Crippen LogP contribution >= 0.6 is 12.2 Å². The minimum atomic E-state index is -0.221. The zero-order valence-corrected chi connectivity index (χ0v) is 11.3. The number of nitrogens with one attached hydrogen (secondary N) is 2. The summed E-state index contributed by atoms with van der Waals surface area (Å²) in [5, 5.41) is 5.65. The van der Waals surface area contributed by atoms with E-state index < -0.39 is 0 Å². The van der Waals surface area contributed by atoms with Gasteiger partial charge in [0.2, 0.25) is 0 Å². The zero-order chi connectivity index (χ0) is 13.2. The molecule has 0 spiro atoms. The summed E-state index contributed by atoms with van der Waals surface area (Å²) in [7, 11) is 0. The van der Waals surface area contributed by atoms with Crippen LogP contribution in [0.4, 0.5) is 5.88 Å². The Hall–Kier alpha value is -1.82. The largest absolute Gasteiger partial charge is 0.441 e. The molecule has 2 fully saturated rings. The molecule has 1 aromatic rings. The van der Waals surface area contributed by atoms with Gasteiger partial charge >= 0.3 is 0 Å². The Labute approximate surface area is 116 Å². The molecule has 0 saturated carbocycles. The van der Waals surface area contributed by atoms with Gasteiger partial charge in [-0.3, -0.25) is 10.1 Å². The lowest BCUT2D eigenvalue weighted by Crippen LogP contribution is -2.28. The minimum Gasteiger partial charge on any atom is -0.441 e. The van der Waals surface area contributed by atoms with E-state index in [0.717, 1.165) is 19.0 Å². The van der Waals surface area contributed by atoms with Crippen molar-refractivity contribution in [1.82, 2.24) is 10.6 Å². The fraction of sp³-hybridized carbons (Fsp3) is 0.385. The van der Waals surface area contributed by atoms with Gasteiger partial charge in [-0.05, 0) is 37.5 Å². The number of anilines is 1. The van der Waals surface area contributed by atoms with Gasteiger partial charge in [0.1, 0.15) is 11.5 Å². The fourth-order valence-corrected chi connectivity index (χ4v) is 2.53. The molecule has 100 valence electrons. The lowest BCUT2D eigenvalue weighted by atomic mass is 10.1. The van der Waals surface area contributed by atoms with Crippen molar-refractivity contribution in [3.8, 4) is 0 Å². The standard InChI is InChI=1S/C13H15N3O2S/c17-12-10(14-13(19)15-12)8-9-4-5-11(18-9)16-6-2-1-3-7-16/h4-5,8H,1-3,6-7H2,(H2,14,15,17,19)/b10-8+. The molecule has 2 N–H and O–H groups in total. The topological polar surface area (TPSA) is 57.5 Å². The first kappa shape index (κ1) is 12.2. The predicted molar refractivity (Wildman–Crippen MR) is 76.6 cm³/mol. The van der Waals surface area contributed by atoms with E-state index in [-0.39, 0.29) is 5.91 Å². The Morgan fingerprint density at radius 2 is 2.00 bits per heavy atom. The molecular weight excluding hydrogens is 262 g/mol. The first-order valence-electron chi connectivity index (χ1n) is 6.41. The van der Waals surface area contributed by atoms with E-state index >= 15 is 0 Å². The van der Waals surface area contributed by atoms with Gasteiger partial charge in [0.25, 0.3) is 5.91 Å². The first-order valence-corrected chi connectivity index (χ1v) is 6.82. The molecule has 0 bridgehead atoms. The van der Waals surface area contributed by atoms with Gasteiger partial charge in [0, 0.05) is 25.2 Å². The second kappa shape index (κ2) is 5.05. The summed E-state index contributed by atoms with van der Waals surface area (Å²) in [6.45, 7) is 2.07. The van der Waals surface area contributed by atoms with Crippen LogP contribution in [0.5, 0.6) is 0 Å². The maximum absolute atomic E-state index is 11.5. The summed E-state index contributed by atoms with van der Waals surface area (Å²) in [5.41, 5.74) is 0.421.